The molecule has 0 bridgehead atoms. The molecule has 0 radical (unpaired) electrons. The zero-order valence-electron chi connectivity index (χ0n) is 18.1. The number of fused-ring (bicyclic) bond motifs is 1. The summed E-state index contributed by atoms with van der Waals surface area (Å²) in [4.78, 5) is 18.9. The van der Waals surface area contributed by atoms with Gasteiger partial charge in [-0.25, -0.2) is 13.8 Å². The highest BCUT2D eigenvalue weighted by Crippen LogP contribution is 2.30. The van der Waals surface area contributed by atoms with Gasteiger partial charge in [-0.1, -0.05) is 6.07 Å². The van der Waals surface area contributed by atoms with E-state index in [0.29, 0.717) is 29.2 Å². The van der Waals surface area contributed by atoms with Gasteiger partial charge in [-0.05, 0) is 26.0 Å². The number of halogens is 2. The smallest absolute Gasteiger partial charge is 0.261 e. The van der Waals surface area contributed by atoms with E-state index in [1.165, 1.54) is 40.2 Å². The van der Waals surface area contributed by atoms with Gasteiger partial charge in [-0.15, -0.1) is 0 Å². The third-order valence-electron chi connectivity index (χ3n) is 5.52. The summed E-state index contributed by atoms with van der Waals surface area (Å²) >= 11 is 0. The molecule has 170 valence electrons. The quantitative estimate of drug-likeness (QED) is 0.596. The molecular formula is C23H22F2N6O2. The van der Waals surface area contributed by atoms with Crippen LogP contribution < -0.4 is 10.2 Å². The summed E-state index contributed by atoms with van der Waals surface area (Å²) in [7, 11) is 0. The van der Waals surface area contributed by atoms with Gasteiger partial charge < -0.3 is 15.3 Å². The maximum atomic E-state index is 14.1. The lowest BCUT2D eigenvalue weighted by atomic mass is 10.0. The first-order valence-corrected chi connectivity index (χ1v) is 10.3. The zero-order chi connectivity index (χ0) is 23.8. The van der Waals surface area contributed by atoms with E-state index in [2.05, 4.69) is 21.5 Å². The standard InChI is InChI=1S/C23H22F2N6O2/c1-23(2,13-32)29-21-8-20(14(9-26)10-27-21)30-7-6-19-15(22(30)33)11-28-31(19)12-16-17(24)4-3-5-18(16)25/h3-5,8,10-11,32H,6-7,12-13H2,1-2H3,(H,27,29). The summed E-state index contributed by atoms with van der Waals surface area (Å²) in [6, 6.07) is 7.30. The van der Waals surface area contributed by atoms with Crippen molar-refractivity contribution in [1.82, 2.24) is 14.8 Å². The molecule has 0 saturated carbocycles. The molecule has 0 aliphatic carbocycles. The van der Waals surface area contributed by atoms with Crippen molar-refractivity contribution >= 4 is 17.4 Å². The second-order valence-corrected chi connectivity index (χ2v) is 8.44. The lowest BCUT2D eigenvalue weighted by Gasteiger charge is -2.29. The number of nitrogens with zero attached hydrogens (tertiary/aromatic N) is 5. The topological polar surface area (TPSA) is 107 Å². The molecule has 4 rings (SSSR count). The van der Waals surface area contributed by atoms with E-state index < -0.39 is 17.2 Å². The molecule has 1 aliphatic heterocycles. The van der Waals surface area contributed by atoms with Crippen LogP contribution in [-0.4, -0.2) is 44.5 Å². The number of nitrogens with one attached hydrogen (secondary N) is 1. The molecule has 3 aromatic rings. The van der Waals surface area contributed by atoms with Crippen molar-refractivity contribution in [3.05, 3.63) is 70.7 Å². The van der Waals surface area contributed by atoms with Gasteiger partial charge in [0.25, 0.3) is 5.91 Å². The number of carbonyl (C=O) groups excluding carboxylic acids is 1. The molecule has 2 aromatic heterocycles. The lowest BCUT2D eigenvalue weighted by molar-refractivity contribution is 0.0980. The van der Waals surface area contributed by atoms with E-state index in [1.807, 2.05) is 0 Å². The van der Waals surface area contributed by atoms with Crippen LogP contribution in [0.25, 0.3) is 0 Å². The van der Waals surface area contributed by atoms with Gasteiger partial charge in [0.15, 0.2) is 0 Å². The van der Waals surface area contributed by atoms with Crippen molar-refractivity contribution in [2.45, 2.75) is 32.4 Å². The van der Waals surface area contributed by atoms with Crippen molar-refractivity contribution in [1.29, 1.82) is 5.26 Å². The molecule has 1 aromatic carbocycles. The van der Waals surface area contributed by atoms with Crippen LogP contribution in [0.2, 0.25) is 0 Å². The molecule has 0 unspecified atom stereocenters. The molecular weight excluding hydrogens is 430 g/mol. The molecule has 3 heterocycles. The minimum atomic E-state index is -0.677. The van der Waals surface area contributed by atoms with Gasteiger partial charge in [-0.3, -0.25) is 9.48 Å². The van der Waals surface area contributed by atoms with Gasteiger partial charge in [0.1, 0.15) is 23.5 Å². The van der Waals surface area contributed by atoms with Gasteiger partial charge in [0.2, 0.25) is 0 Å². The second-order valence-electron chi connectivity index (χ2n) is 8.44. The SMILES string of the molecule is CC(C)(CO)Nc1cc(N2CCc3c(cnn3Cc3c(F)cccc3F)C2=O)c(C#N)cn1. The van der Waals surface area contributed by atoms with Crippen LogP contribution in [0, 0.1) is 23.0 Å². The number of pyridine rings is 1. The van der Waals surface area contributed by atoms with Crippen LogP contribution in [0.4, 0.5) is 20.3 Å². The van der Waals surface area contributed by atoms with E-state index in [-0.39, 0.29) is 36.7 Å². The van der Waals surface area contributed by atoms with Crippen molar-refractivity contribution in [3.63, 3.8) is 0 Å². The van der Waals surface area contributed by atoms with E-state index in [0.717, 1.165) is 0 Å². The van der Waals surface area contributed by atoms with E-state index in [1.54, 1.807) is 19.9 Å². The summed E-state index contributed by atoms with van der Waals surface area (Å²) in [5.41, 5.74) is 0.712. The summed E-state index contributed by atoms with van der Waals surface area (Å²) in [5, 5.41) is 26.3. The molecule has 33 heavy (non-hydrogen) atoms. The van der Waals surface area contributed by atoms with Gasteiger partial charge in [0.05, 0.1) is 47.4 Å². The van der Waals surface area contributed by atoms with Gasteiger partial charge in [-0.2, -0.15) is 10.4 Å². The first kappa shape index (κ1) is 22.4. The molecule has 0 atom stereocenters. The van der Waals surface area contributed by atoms with E-state index >= 15 is 0 Å². The fourth-order valence-corrected chi connectivity index (χ4v) is 3.73. The number of aliphatic hydroxyl groups excluding tert-OH is 1. The van der Waals surface area contributed by atoms with Crippen LogP contribution in [-0.2, 0) is 13.0 Å². The number of anilines is 2. The van der Waals surface area contributed by atoms with Crippen molar-refractivity contribution in [2.24, 2.45) is 0 Å². The van der Waals surface area contributed by atoms with Crippen LogP contribution in [0.1, 0.15) is 41.0 Å². The number of hydrogen-bond acceptors (Lipinski definition) is 6. The van der Waals surface area contributed by atoms with Crippen molar-refractivity contribution in [3.8, 4) is 6.07 Å². The molecule has 0 spiro atoms. The Morgan fingerprint density at radius 3 is 2.67 bits per heavy atom. The van der Waals surface area contributed by atoms with Gasteiger partial charge >= 0.3 is 0 Å². The third-order valence-corrected chi connectivity index (χ3v) is 5.52. The first-order valence-electron chi connectivity index (χ1n) is 10.3. The van der Waals surface area contributed by atoms with E-state index in [4.69, 9.17) is 0 Å². The largest absolute Gasteiger partial charge is 0.394 e. The summed E-state index contributed by atoms with van der Waals surface area (Å²) < 4.78 is 29.6. The van der Waals surface area contributed by atoms with Crippen LogP contribution in [0.3, 0.4) is 0 Å². The van der Waals surface area contributed by atoms with Crippen LogP contribution in [0.5, 0.6) is 0 Å². The Morgan fingerprint density at radius 1 is 1.27 bits per heavy atom. The average Bonchev–Trinajstić information content (AvgIpc) is 3.20. The Hall–Kier alpha value is -3.84. The summed E-state index contributed by atoms with van der Waals surface area (Å²) in [6.45, 7) is 3.55. The minimum Gasteiger partial charge on any atom is -0.394 e. The number of carbonyl (C=O) groups is 1. The first-order chi connectivity index (χ1) is 15.7. The third kappa shape index (κ3) is 4.27. The number of aliphatic hydroxyl groups is 1. The number of benzene rings is 1. The second kappa shape index (κ2) is 8.60. The number of aromatic nitrogens is 3. The molecule has 0 fully saturated rings. The highest BCUT2D eigenvalue weighted by molar-refractivity contribution is 6.08. The average molecular weight is 452 g/mol. The predicted molar refractivity (Wildman–Crippen MR) is 117 cm³/mol. The summed E-state index contributed by atoms with van der Waals surface area (Å²) in [5.74, 6) is -1.31. The Bertz CT molecular complexity index is 1240. The monoisotopic (exact) mass is 452 g/mol. The maximum Gasteiger partial charge on any atom is 0.261 e. The van der Waals surface area contributed by atoms with Crippen LogP contribution in [0.15, 0.2) is 36.7 Å². The molecule has 1 amide bonds. The molecule has 2 N–H and O–H groups in total. The normalized spacial score (nSPS) is 13.6. The zero-order valence-corrected chi connectivity index (χ0v) is 18.1. The Labute approximate surface area is 189 Å². The highest BCUT2D eigenvalue weighted by Gasteiger charge is 2.31. The number of amides is 1. The van der Waals surface area contributed by atoms with E-state index in [9.17, 15) is 23.9 Å². The fraction of sp³-hybridized carbons (Fsp3) is 0.304. The number of nitriles is 1. The highest BCUT2D eigenvalue weighted by atomic mass is 19.1. The summed E-state index contributed by atoms with van der Waals surface area (Å²) in [6.07, 6.45) is 3.14. The Kier molecular flexibility index (Phi) is 5.82. The van der Waals surface area contributed by atoms with Crippen molar-refractivity contribution < 1.29 is 18.7 Å². The molecule has 8 nitrogen and oxygen atoms in total. The minimum absolute atomic E-state index is 0.124. The number of rotatable bonds is 6. The predicted octanol–water partition coefficient (Wildman–Crippen LogP) is 2.86. The maximum absolute atomic E-state index is 14.1. The molecule has 10 heteroatoms. The number of hydrogen-bond donors (Lipinski definition) is 2. The van der Waals surface area contributed by atoms with Gasteiger partial charge in [0, 0.05) is 30.8 Å². The van der Waals surface area contributed by atoms with Crippen LogP contribution >= 0.6 is 0 Å². The Balaban J connectivity index is 1.65. The lowest BCUT2D eigenvalue weighted by Crippen LogP contribution is -2.39. The van der Waals surface area contributed by atoms with Crippen molar-refractivity contribution in [2.75, 3.05) is 23.4 Å². The Morgan fingerprint density at radius 2 is 2.00 bits per heavy atom. The fourth-order valence-electron chi connectivity index (χ4n) is 3.73. The molecule has 0 saturated heterocycles. The molecule has 1 aliphatic rings.